The Morgan fingerprint density at radius 2 is 2.06 bits per heavy atom. The molecule has 0 unspecified atom stereocenters. The Balaban J connectivity index is 1.47. The second-order valence-electron chi connectivity index (χ2n) is 7.78. The van der Waals surface area contributed by atoms with Crippen molar-refractivity contribution in [2.75, 3.05) is 20.3 Å². The quantitative estimate of drug-likeness (QED) is 0.558. The van der Waals surface area contributed by atoms with Crippen LogP contribution in [-0.4, -0.2) is 62.7 Å². The Morgan fingerprint density at radius 3 is 2.74 bits per heavy atom. The first-order valence-electron chi connectivity index (χ1n) is 10.5. The molecule has 1 fully saturated rings. The van der Waals surface area contributed by atoms with Crippen molar-refractivity contribution in [2.24, 2.45) is 7.05 Å². The van der Waals surface area contributed by atoms with E-state index in [1.54, 1.807) is 36.6 Å². The van der Waals surface area contributed by atoms with Crippen LogP contribution < -0.4 is 5.32 Å². The molecule has 164 valence electrons. The molecule has 1 N–H and O–H groups in total. The van der Waals surface area contributed by atoms with E-state index < -0.39 is 0 Å². The average molecular weight is 425 g/mol. The summed E-state index contributed by atoms with van der Waals surface area (Å²) in [6, 6.07) is 3.84. The first-order chi connectivity index (χ1) is 15.1. The van der Waals surface area contributed by atoms with Gasteiger partial charge in [-0.05, 0) is 37.8 Å². The topological polar surface area (TPSA) is 96.1 Å². The van der Waals surface area contributed by atoms with Crippen molar-refractivity contribution in [3.05, 3.63) is 48.9 Å². The van der Waals surface area contributed by atoms with Crippen LogP contribution in [0.25, 0.3) is 16.9 Å². The molecule has 3 aromatic heterocycles. The van der Waals surface area contributed by atoms with E-state index in [9.17, 15) is 4.79 Å². The van der Waals surface area contributed by atoms with E-state index in [1.807, 2.05) is 30.1 Å². The highest BCUT2D eigenvalue weighted by Crippen LogP contribution is 2.23. The molecular weight excluding hydrogens is 396 g/mol. The normalized spacial score (nSPS) is 18.8. The molecule has 1 saturated carbocycles. The molecule has 1 amide bonds. The summed E-state index contributed by atoms with van der Waals surface area (Å²) >= 11 is 0. The number of carbonyl (C=O) groups excluding carboxylic acids is 1. The van der Waals surface area contributed by atoms with Crippen molar-refractivity contribution in [3.63, 3.8) is 0 Å². The second kappa shape index (κ2) is 9.84. The number of imidazole rings is 1. The summed E-state index contributed by atoms with van der Waals surface area (Å²) in [4.78, 5) is 21.8. The average Bonchev–Trinajstić information content (AvgIpc) is 3.47. The third kappa shape index (κ3) is 5.36. The number of rotatable bonds is 8. The van der Waals surface area contributed by atoms with Crippen LogP contribution in [0.2, 0.25) is 0 Å². The zero-order valence-corrected chi connectivity index (χ0v) is 17.9. The molecule has 1 aliphatic carbocycles. The molecule has 31 heavy (non-hydrogen) atoms. The Labute approximate surface area is 181 Å². The van der Waals surface area contributed by atoms with Crippen LogP contribution in [0.15, 0.2) is 43.2 Å². The number of nitrogens with zero attached hydrogens (tertiary/aromatic N) is 5. The third-order valence-corrected chi connectivity index (χ3v) is 5.50. The molecule has 0 atom stereocenters. The van der Waals surface area contributed by atoms with Gasteiger partial charge in [-0.1, -0.05) is 0 Å². The molecule has 3 heterocycles. The van der Waals surface area contributed by atoms with Gasteiger partial charge in [0.15, 0.2) is 0 Å². The number of hydrogen-bond acceptors (Lipinski definition) is 6. The molecule has 3 aromatic rings. The van der Waals surface area contributed by atoms with Gasteiger partial charge in [-0.3, -0.25) is 9.48 Å². The van der Waals surface area contributed by atoms with Crippen molar-refractivity contribution >= 4 is 5.91 Å². The van der Waals surface area contributed by atoms with Crippen molar-refractivity contribution < 1.29 is 14.3 Å². The Hall–Kier alpha value is -3.04. The smallest absolute Gasteiger partial charge is 0.270 e. The maximum Gasteiger partial charge on any atom is 0.270 e. The summed E-state index contributed by atoms with van der Waals surface area (Å²) in [6.07, 6.45) is 12.7. The number of methoxy groups -OCH3 is 1. The van der Waals surface area contributed by atoms with Crippen LogP contribution >= 0.6 is 0 Å². The third-order valence-electron chi connectivity index (χ3n) is 5.50. The molecular formula is C22H28N6O3. The van der Waals surface area contributed by atoms with Crippen molar-refractivity contribution in [1.29, 1.82) is 0 Å². The number of hydrogen-bond donors (Lipinski definition) is 1. The van der Waals surface area contributed by atoms with Crippen LogP contribution in [0.5, 0.6) is 0 Å². The van der Waals surface area contributed by atoms with E-state index >= 15 is 0 Å². The van der Waals surface area contributed by atoms with Gasteiger partial charge < -0.3 is 19.4 Å². The standard InChI is InChI=1S/C22H28N6O3/c1-27-14-16(13-24-27)20-11-18(28-8-7-23-15-28)12-21(26-20)22(29)25-17-3-5-19(6-4-17)31-10-9-30-2/h7-8,11-15,17,19H,3-6,9-10H2,1-2H3,(H,25,29)/t17-,19-. The molecule has 0 bridgehead atoms. The van der Waals surface area contributed by atoms with Gasteiger partial charge in [0.2, 0.25) is 0 Å². The van der Waals surface area contributed by atoms with E-state index in [2.05, 4.69) is 20.4 Å². The Bertz CT molecular complexity index is 993. The lowest BCUT2D eigenvalue weighted by Crippen LogP contribution is -2.39. The maximum absolute atomic E-state index is 13.0. The number of carbonyl (C=O) groups is 1. The lowest BCUT2D eigenvalue weighted by molar-refractivity contribution is -0.00409. The highest BCUT2D eigenvalue weighted by Gasteiger charge is 2.24. The molecule has 0 radical (unpaired) electrons. The molecule has 1 aliphatic rings. The first kappa shape index (κ1) is 21.2. The fourth-order valence-corrected chi connectivity index (χ4v) is 3.83. The van der Waals surface area contributed by atoms with Gasteiger partial charge in [0.1, 0.15) is 5.69 Å². The van der Waals surface area contributed by atoms with E-state index in [0.717, 1.165) is 36.9 Å². The lowest BCUT2D eigenvalue weighted by Gasteiger charge is -2.29. The lowest BCUT2D eigenvalue weighted by atomic mass is 9.93. The van der Waals surface area contributed by atoms with Crippen LogP contribution in [0, 0.1) is 0 Å². The summed E-state index contributed by atoms with van der Waals surface area (Å²) in [5, 5.41) is 7.38. The van der Waals surface area contributed by atoms with E-state index in [4.69, 9.17) is 9.47 Å². The fraction of sp³-hybridized carbons (Fsp3) is 0.455. The van der Waals surface area contributed by atoms with Crippen molar-refractivity contribution in [3.8, 4) is 16.9 Å². The van der Waals surface area contributed by atoms with E-state index in [1.165, 1.54) is 0 Å². The van der Waals surface area contributed by atoms with Crippen molar-refractivity contribution in [2.45, 2.75) is 37.8 Å². The number of nitrogens with one attached hydrogen (secondary N) is 1. The SMILES string of the molecule is COCCO[C@H]1CC[C@H](NC(=O)c2cc(-n3ccnc3)cc(-c3cnn(C)c3)n2)CC1. The van der Waals surface area contributed by atoms with Gasteiger partial charge in [0.05, 0.1) is 43.2 Å². The van der Waals surface area contributed by atoms with Gasteiger partial charge in [-0.2, -0.15) is 5.10 Å². The predicted octanol–water partition coefficient (Wildman–Crippen LogP) is 2.37. The van der Waals surface area contributed by atoms with E-state index in [-0.39, 0.29) is 18.1 Å². The molecule has 0 spiro atoms. The van der Waals surface area contributed by atoms with Crippen LogP contribution in [0.1, 0.15) is 36.2 Å². The van der Waals surface area contributed by atoms with Crippen LogP contribution in [0.4, 0.5) is 0 Å². The molecule has 0 aliphatic heterocycles. The molecule has 0 aromatic carbocycles. The van der Waals surface area contributed by atoms with Crippen LogP contribution in [0.3, 0.4) is 0 Å². The maximum atomic E-state index is 13.0. The number of ether oxygens (including phenoxy) is 2. The highest BCUT2D eigenvalue weighted by molar-refractivity contribution is 5.93. The zero-order chi connectivity index (χ0) is 21.6. The summed E-state index contributed by atoms with van der Waals surface area (Å²) in [7, 11) is 3.53. The zero-order valence-electron chi connectivity index (χ0n) is 17.9. The van der Waals surface area contributed by atoms with Gasteiger partial charge in [0, 0.05) is 44.4 Å². The Morgan fingerprint density at radius 1 is 1.23 bits per heavy atom. The van der Waals surface area contributed by atoms with Crippen molar-refractivity contribution in [1.82, 2.24) is 29.6 Å². The minimum Gasteiger partial charge on any atom is -0.382 e. The fourth-order valence-electron chi connectivity index (χ4n) is 3.83. The number of amides is 1. The van der Waals surface area contributed by atoms with Gasteiger partial charge in [-0.15, -0.1) is 0 Å². The first-order valence-corrected chi connectivity index (χ1v) is 10.5. The van der Waals surface area contributed by atoms with Gasteiger partial charge in [0.25, 0.3) is 5.91 Å². The summed E-state index contributed by atoms with van der Waals surface area (Å²) in [5.41, 5.74) is 2.75. The largest absolute Gasteiger partial charge is 0.382 e. The summed E-state index contributed by atoms with van der Waals surface area (Å²) < 4.78 is 14.4. The molecule has 9 nitrogen and oxygen atoms in total. The summed E-state index contributed by atoms with van der Waals surface area (Å²) in [5.74, 6) is -0.171. The van der Waals surface area contributed by atoms with Crippen LogP contribution in [-0.2, 0) is 16.5 Å². The molecule has 4 rings (SSSR count). The second-order valence-corrected chi connectivity index (χ2v) is 7.78. The number of pyridine rings is 1. The summed E-state index contributed by atoms with van der Waals surface area (Å²) in [6.45, 7) is 1.22. The molecule has 9 heteroatoms. The van der Waals surface area contributed by atoms with E-state index in [0.29, 0.717) is 24.6 Å². The monoisotopic (exact) mass is 424 g/mol. The minimum absolute atomic E-state index is 0.121. The highest BCUT2D eigenvalue weighted by atomic mass is 16.5. The number of aromatic nitrogens is 5. The predicted molar refractivity (Wildman–Crippen MR) is 115 cm³/mol. The Kier molecular flexibility index (Phi) is 6.73. The van der Waals surface area contributed by atoms with Gasteiger partial charge in [-0.25, -0.2) is 9.97 Å². The minimum atomic E-state index is -0.171. The van der Waals surface area contributed by atoms with Gasteiger partial charge >= 0.3 is 0 Å². The number of aryl methyl sites for hydroxylation is 1. The molecule has 0 saturated heterocycles.